The van der Waals surface area contributed by atoms with Crippen LogP contribution in [-0.4, -0.2) is 47.3 Å². The molecule has 1 aromatic carbocycles. The number of carbonyl (C=O) groups is 1. The van der Waals surface area contributed by atoms with Crippen molar-refractivity contribution in [3.63, 3.8) is 0 Å². The summed E-state index contributed by atoms with van der Waals surface area (Å²) in [5.74, 6) is 5.98. The summed E-state index contributed by atoms with van der Waals surface area (Å²) in [4.78, 5) is 14.1. The molecule has 1 unspecified atom stereocenters. The Morgan fingerprint density at radius 2 is 2.17 bits per heavy atom. The van der Waals surface area contributed by atoms with E-state index in [0.717, 1.165) is 18.4 Å². The van der Waals surface area contributed by atoms with Gasteiger partial charge in [0.25, 0.3) is 5.91 Å². The average molecular weight is 334 g/mol. The summed E-state index contributed by atoms with van der Waals surface area (Å²) in [5.41, 5.74) is -0.265. The first kappa shape index (κ1) is 16.3. The molecule has 1 N–H and O–H groups in total. The Morgan fingerprint density at radius 3 is 2.83 bits per heavy atom. The fraction of sp³-hybridized carbons (Fsp3) is 0.500. The molecule has 0 radical (unpaired) electrons. The minimum absolute atomic E-state index is 0.0485. The number of piperidine rings is 1. The minimum Gasteiger partial charge on any atom is -0.377 e. The number of likely N-dealkylation sites (tertiary alicyclic amines) is 1. The van der Waals surface area contributed by atoms with Gasteiger partial charge in [0.15, 0.2) is 0 Å². The maximum absolute atomic E-state index is 12.3. The molecule has 3 rings (SSSR count). The molecule has 0 aromatic heterocycles. The van der Waals surface area contributed by atoms with E-state index < -0.39 is 5.60 Å². The second kappa shape index (κ2) is 6.92. The highest BCUT2D eigenvalue weighted by molar-refractivity contribution is 6.30. The minimum atomic E-state index is -1.05. The van der Waals surface area contributed by atoms with Gasteiger partial charge in [-0.1, -0.05) is 29.5 Å². The van der Waals surface area contributed by atoms with Crippen molar-refractivity contribution in [1.82, 2.24) is 4.90 Å². The first-order valence-electron chi connectivity index (χ1n) is 7.97. The Morgan fingerprint density at radius 1 is 1.39 bits per heavy atom. The molecule has 5 heteroatoms. The molecule has 0 aliphatic carbocycles. The molecule has 4 nitrogen and oxygen atoms in total. The molecule has 1 aromatic rings. The molecule has 122 valence electrons. The lowest BCUT2D eigenvalue weighted by Crippen LogP contribution is -2.49. The van der Waals surface area contributed by atoms with Gasteiger partial charge in [-0.15, -0.1) is 0 Å². The van der Waals surface area contributed by atoms with Crippen molar-refractivity contribution in [2.75, 3.05) is 19.7 Å². The van der Waals surface area contributed by atoms with Crippen molar-refractivity contribution in [1.29, 1.82) is 0 Å². The van der Waals surface area contributed by atoms with Crippen molar-refractivity contribution in [3.8, 4) is 11.8 Å². The van der Waals surface area contributed by atoms with Gasteiger partial charge in [0.05, 0.1) is 0 Å². The maximum atomic E-state index is 12.3. The van der Waals surface area contributed by atoms with E-state index in [1.54, 1.807) is 17.0 Å². The van der Waals surface area contributed by atoms with Crippen LogP contribution in [0.25, 0.3) is 0 Å². The molecule has 2 heterocycles. The first-order chi connectivity index (χ1) is 11.1. The zero-order chi connectivity index (χ0) is 16.3. The van der Waals surface area contributed by atoms with E-state index in [0.29, 0.717) is 37.6 Å². The van der Waals surface area contributed by atoms with E-state index in [2.05, 4.69) is 11.8 Å². The van der Waals surface area contributed by atoms with Gasteiger partial charge in [0.1, 0.15) is 11.7 Å². The molecule has 23 heavy (non-hydrogen) atoms. The van der Waals surface area contributed by atoms with Crippen LogP contribution >= 0.6 is 11.6 Å². The van der Waals surface area contributed by atoms with Gasteiger partial charge in [-0.3, -0.25) is 4.79 Å². The summed E-state index contributed by atoms with van der Waals surface area (Å²) in [6.45, 7) is 1.69. The fourth-order valence-electron chi connectivity index (χ4n) is 2.95. The van der Waals surface area contributed by atoms with Gasteiger partial charge in [0, 0.05) is 43.1 Å². The van der Waals surface area contributed by atoms with Crippen LogP contribution in [0.15, 0.2) is 24.3 Å². The second-order valence-electron chi connectivity index (χ2n) is 6.12. The van der Waals surface area contributed by atoms with Crippen LogP contribution in [0.5, 0.6) is 0 Å². The van der Waals surface area contributed by atoms with Crippen molar-refractivity contribution >= 4 is 17.5 Å². The number of nitrogens with zero attached hydrogens (tertiary/aromatic N) is 1. The maximum Gasteiger partial charge on any atom is 0.251 e. The van der Waals surface area contributed by atoms with E-state index in [1.807, 2.05) is 12.1 Å². The Bertz CT molecular complexity index is 635. The molecule has 2 aliphatic heterocycles. The predicted octanol–water partition coefficient (Wildman–Crippen LogP) is 2.22. The Balaban J connectivity index is 1.60. The van der Waals surface area contributed by atoms with Crippen molar-refractivity contribution in [3.05, 3.63) is 34.9 Å². The largest absolute Gasteiger partial charge is 0.377 e. The summed E-state index contributed by atoms with van der Waals surface area (Å²) in [5, 5.41) is 11.2. The first-order valence-corrected chi connectivity index (χ1v) is 8.35. The lowest BCUT2D eigenvalue weighted by Gasteiger charge is -2.36. The van der Waals surface area contributed by atoms with Crippen LogP contribution in [0.2, 0.25) is 5.02 Å². The van der Waals surface area contributed by atoms with E-state index in [9.17, 15) is 9.90 Å². The number of halogens is 1. The zero-order valence-corrected chi connectivity index (χ0v) is 13.7. The molecule has 0 spiro atoms. The Kier molecular flexibility index (Phi) is 4.91. The number of amides is 1. The van der Waals surface area contributed by atoms with E-state index in [-0.39, 0.29) is 12.0 Å². The Labute approximate surface area is 141 Å². The number of hydrogen-bond acceptors (Lipinski definition) is 3. The standard InChI is InChI=1S/C18H20ClNO3/c19-15-4-1-3-14(13-15)6-7-18(22)8-10-20(11-9-18)17(21)16-5-2-12-23-16/h1,3-4,13,16,22H,2,5,8-12H2. The number of rotatable bonds is 1. The van der Waals surface area contributed by atoms with Crippen molar-refractivity contribution < 1.29 is 14.6 Å². The summed E-state index contributed by atoms with van der Waals surface area (Å²) < 4.78 is 5.44. The van der Waals surface area contributed by atoms with Gasteiger partial charge < -0.3 is 14.7 Å². The van der Waals surface area contributed by atoms with E-state index in [4.69, 9.17) is 16.3 Å². The monoisotopic (exact) mass is 333 g/mol. The molecule has 0 bridgehead atoms. The van der Waals surface area contributed by atoms with Crippen LogP contribution in [-0.2, 0) is 9.53 Å². The number of ether oxygens (including phenoxy) is 1. The van der Waals surface area contributed by atoms with E-state index in [1.165, 1.54) is 0 Å². The third-order valence-electron chi connectivity index (χ3n) is 4.37. The van der Waals surface area contributed by atoms with Gasteiger partial charge in [0.2, 0.25) is 0 Å². The Hall–Kier alpha value is -1.54. The normalized spacial score (nSPS) is 23.2. The van der Waals surface area contributed by atoms with Gasteiger partial charge in [-0.05, 0) is 31.0 Å². The van der Waals surface area contributed by atoms with Crippen LogP contribution in [0.1, 0.15) is 31.2 Å². The van der Waals surface area contributed by atoms with Crippen LogP contribution in [0.3, 0.4) is 0 Å². The fourth-order valence-corrected chi connectivity index (χ4v) is 3.14. The SMILES string of the molecule is O=C(C1CCCO1)N1CCC(O)(C#Cc2cccc(Cl)c2)CC1. The smallest absolute Gasteiger partial charge is 0.251 e. The van der Waals surface area contributed by atoms with Crippen LogP contribution in [0.4, 0.5) is 0 Å². The number of carbonyl (C=O) groups excluding carboxylic acids is 1. The van der Waals surface area contributed by atoms with Gasteiger partial charge >= 0.3 is 0 Å². The number of benzene rings is 1. The second-order valence-corrected chi connectivity index (χ2v) is 6.56. The molecule has 1 amide bonds. The van der Waals surface area contributed by atoms with Crippen molar-refractivity contribution in [2.45, 2.75) is 37.4 Å². The summed E-state index contributed by atoms with van der Waals surface area (Å²) in [6.07, 6.45) is 2.37. The third-order valence-corrected chi connectivity index (χ3v) is 4.61. The summed E-state index contributed by atoms with van der Waals surface area (Å²) >= 11 is 5.93. The van der Waals surface area contributed by atoms with Gasteiger partial charge in [-0.2, -0.15) is 0 Å². The molecule has 2 aliphatic rings. The zero-order valence-electron chi connectivity index (χ0n) is 12.9. The van der Waals surface area contributed by atoms with E-state index >= 15 is 0 Å². The highest BCUT2D eigenvalue weighted by Crippen LogP contribution is 2.24. The topological polar surface area (TPSA) is 49.8 Å². The lowest BCUT2D eigenvalue weighted by molar-refractivity contribution is -0.143. The summed E-state index contributed by atoms with van der Waals surface area (Å²) in [6, 6.07) is 7.25. The lowest BCUT2D eigenvalue weighted by atomic mass is 9.91. The highest BCUT2D eigenvalue weighted by Gasteiger charge is 2.35. The van der Waals surface area contributed by atoms with Gasteiger partial charge in [-0.25, -0.2) is 0 Å². The predicted molar refractivity (Wildman–Crippen MR) is 88.1 cm³/mol. The quantitative estimate of drug-likeness (QED) is 0.802. The molecule has 1 atom stereocenters. The molecule has 0 saturated carbocycles. The van der Waals surface area contributed by atoms with Crippen LogP contribution < -0.4 is 0 Å². The third kappa shape index (κ3) is 4.06. The number of aliphatic hydroxyl groups is 1. The molecule has 2 saturated heterocycles. The molecular weight excluding hydrogens is 314 g/mol. The average Bonchev–Trinajstić information content (AvgIpc) is 3.08. The van der Waals surface area contributed by atoms with Crippen molar-refractivity contribution in [2.24, 2.45) is 0 Å². The molecular formula is C18H20ClNO3. The van der Waals surface area contributed by atoms with Crippen LogP contribution in [0, 0.1) is 11.8 Å². The number of hydrogen-bond donors (Lipinski definition) is 1. The highest BCUT2D eigenvalue weighted by atomic mass is 35.5. The molecule has 2 fully saturated rings. The summed E-state index contributed by atoms with van der Waals surface area (Å²) in [7, 11) is 0.